The van der Waals surface area contributed by atoms with Gasteiger partial charge < -0.3 is 20.7 Å². The molecule has 0 fully saturated rings. The summed E-state index contributed by atoms with van der Waals surface area (Å²) in [7, 11) is 1.54. The number of benzene rings is 3. The fourth-order valence-corrected chi connectivity index (χ4v) is 3.93. The van der Waals surface area contributed by atoms with Gasteiger partial charge in [0.05, 0.1) is 12.8 Å². The van der Waals surface area contributed by atoms with Crippen LogP contribution in [0.3, 0.4) is 0 Å². The van der Waals surface area contributed by atoms with E-state index in [9.17, 15) is 9.59 Å². The van der Waals surface area contributed by atoms with Crippen LogP contribution in [0.2, 0.25) is 0 Å². The van der Waals surface area contributed by atoms with Gasteiger partial charge in [0.1, 0.15) is 11.8 Å². The molecule has 3 amide bonds. The van der Waals surface area contributed by atoms with Crippen molar-refractivity contribution in [2.75, 3.05) is 19.0 Å². The van der Waals surface area contributed by atoms with Crippen LogP contribution in [0, 0.1) is 5.92 Å². The minimum absolute atomic E-state index is 0.0811. The largest absolute Gasteiger partial charge is 0.495 e. The third-order valence-corrected chi connectivity index (χ3v) is 5.73. The van der Waals surface area contributed by atoms with Gasteiger partial charge in [0, 0.05) is 12.5 Å². The normalized spacial score (nSPS) is 11.7. The van der Waals surface area contributed by atoms with Gasteiger partial charge in [-0.15, -0.1) is 0 Å². The van der Waals surface area contributed by atoms with Crippen molar-refractivity contribution < 1.29 is 14.3 Å². The second-order valence-electron chi connectivity index (χ2n) is 8.47. The molecule has 0 aliphatic heterocycles. The highest BCUT2D eigenvalue weighted by Gasteiger charge is 2.25. The van der Waals surface area contributed by atoms with E-state index >= 15 is 0 Å². The molecule has 0 saturated heterocycles. The van der Waals surface area contributed by atoms with Crippen LogP contribution in [0.5, 0.6) is 5.75 Å². The van der Waals surface area contributed by atoms with E-state index in [-0.39, 0.29) is 17.7 Å². The molecule has 0 heterocycles. The summed E-state index contributed by atoms with van der Waals surface area (Å²) in [5.74, 6) is 0.436. The van der Waals surface area contributed by atoms with Gasteiger partial charge >= 0.3 is 6.03 Å². The predicted octanol–water partition coefficient (Wildman–Crippen LogP) is 5.18. The molecule has 0 aliphatic rings. The van der Waals surface area contributed by atoms with Gasteiger partial charge in [0.2, 0.25) is 5.91 Å². The monoisotopic (exact) mass is 459 g/mol. The zero-order valence-electron chi connectivity index (χ0n) is 20.0. The topological polar surface area (TPSA) is 79.5 Å². The molecule has 0 saturated carbocycles. The SMILES string of the molecule is COc1ccccc1NC(=O)NC(C(=O)NCCC(c1ccccc1)c1ccccc1)C(C)C. The second-order valence-corrected chi connectivity index (χ2v) is 8.47. The average molecular weight is 460 g/mol. The summed E-state index contributed by atoms with van der Waals surface area (Å²) in [4.78, 5) is 25.6. The zero-order valence-corrected chi connectivity index (χ0v) is 20.0. The van der Waals surface area contributed by atoms with Gasteiger partial charge in [0.25, 0.3) is 0 Å². The number of hydrogen-bond acceptors (Lipinski definition) is 3. The number of hydrogen-bond donors (Lipinski definition) is 3. The van der Waals surface area contributed by atoms with Gasteiger partial charge in [-0.2, -0.15) is 0 Å². The molecule has 1 unspecified atom stereocenters. The Balaban J connectivity index is 1.61. The standard InChI is InChI=1S/C28H33N3O3/c1-20(2)26(31-28(33)30-24-16-10-11-17-25(24)34-3)27(32)29-19-18-23(21-12-6-4-7-13-21)22-14-8-5-9-15-22/h4-17,20,23,26H,18-19H2,1-3H3,(H,29,32)(H2,30,31,33). The van der Waals surface area contributed by atoms with Crippen LogP contribution in [-0.4, -0.2) is 31.6 Å². The van der Waals surface area contributed by atoms with Crippen molar-refractivity contribution >= 4 is 17.6 Å². The number of amides is 3. The quantitative estimate of drug-likeness (QED) is 0.391. The maximum atomic E-state index is 13.0. The first-order chi connectivity index (χ1) is 16.5. The lowest BCUT2D eigenvalue weighted by Crippen LogP contribution is -2.51. The summed E-state index contributed by atoms with van der Waals surface area (Å²) in [5, 5.41) is 8.58. The van der Waals surface area contributed by atoms with Gasteiger partial charge in [-0.05, 0) is 35.6 Å². The molecule has 3 aromatic rings. The number of rotatable bonds is 10. The molecular formula is C28H33N3O3. The molecule has 3 rings (SSSR count). The van der Waals surface area contributed by atoms with E-state index in [2.05, 4.69) is 40.2 Å². The van der Waals surface area contributed by atoms with Crippen molar-refractivity contribution in [3.63, 3.8) is 0 Å². The summed E-state index contributed by atoms with van der Waals surface area (Å²) in [6.45, 7) is 4.31. The Morgan fingerprint density at radius 2 is 1.38 bits per heavy atom. The molecule has 34 heavy (non-hydrogen) atoms. The van der Waals surface area contributed by atoms with Crippen molar-refractivity contribution in [1.82, 2.24) is 10.6 Å². The smallest absolute Gasteiger partial charge is 0.320 e. The van der Waals surface area contributed by atoms with Crippen molar-refractivity contribution in [3.05, 3.63) is 96.1 Å². The average Bonchev–Trinajstić information content (AvgIpc) is 2.86. The van der Waals surface area contributed by atoms with Crippen LogP contribution in [0.1, 0.15) is 37.3 Å². The van der Waals surface area contributed by atoms with E-state index < -0.39 is 12.1 Å². The third kappa shape index (κ3) is 6.85. The minimum atomic E-state index is -0.665. The molecule has 6 nitrogen and oxygen atoms in total. The molecule has 0 aliphatic carbocycles. The Hall–Kier alpha value is -3.80. The molecule has 3 N–H and O–H groups in total. The van der Waals surface area contributed by atoms with E-state index in [1.807, 2.05) is 56.3 Å². The number of anilines is 1. The summed E-state index contributed by atoms with van der Waals surface area (Å²) in [6.07, 6.45) is 0.748. The zero-order chi connectivity index (χ0) is 24.3. The summed E-state index contributed by atoms with van der Waals surface area (Å²) in [6, 6.07) is 26.6. The minimum Gasteiger partial charge on any atom is -0.495 e. The van der Waals surface area contributed by atoms with Crippen LogP contribution < -0.4 is 20.7 Å². The Morgan fingerprint density at radius 3 is 1.94 bits per heavy atom. The number of ether oxygens (including phenoxy) is 1. The third-order valence-electron chi connectivity index (χ3n) is 5.73. The lowest BCUT2D eigenvalue weighted by molar-refractivity contribution is -0.123. The fraction of sp³-hybridized carbons (Fsp3) is 0.286. The van der Waals surface area contributed by atoms with Crippen molar-refractivity contribution in [3.8, 4) is 5.75 Å². The molecule has 3 aromatic carbocycles. The number of urea groups is 1. The van der Waals surface area contributed by atoms with Gasteiger partial charge in [-0.25, -0.2) is 4.79 Å². The van der Waals surface area contributed by atoms with E-state index in [0.29, 0.717) is 18.0 Å². The molecule has 6 heteroatoms. The number of para-hydroxylation sites is 2. The molecule has 1 atom stereocenters. The van der Waals surface area contributed by atoms with Crippen molar-refractivity contribution in [2.45, 2.75) is 32.2 Å². The van der Waals surface area contributed by atoms with Crippen LogP contribution in [0.15, 0.2) is 84.9 Å². The molecule has 0 aromatic heterocycles. The Labute approximate surface area is 201 Å². The van der Waals surface area contributed by atoms with E-state index in [1.165, 1.54) is 11.1 Å². The Morgan fingerprint density at radius 1 is 0.824 bits per heavy atom. The van der Waals surface area contributed by atoms with Gasteiger partial charge in [-0.3, -0.25) is 4.79 Å². The first kappa shape index (κ1) is 24.8. The number of methoxy groups -OCH3 is 1. The van der Waals surface area contributed by atoms with Crippen LogP contribution in [0.25, 0.3) is 0 Å². The number of carbonyl (C=O) groups excluding carboxylic acids is 2. The summed E-state index contributed by atoms with van der Waals surface area (Å²) in [5.41, 5.74) is 2.95. The summed E-state index contributed by atoms with van der Waals surface area (Å²) >= 11 is 0. The highest BCUT2D eigenvalue weighted by atomic mass is 16.5. The molecule has 0 spiro atoms. The summed E-state index contributed by atoms with van der Waals surface area (Å²) < 4.78 is 5.27. The molecule has 0 radical (unpaired) electrons. The van der Waals surface area contributed by atoms with Crippen LogP contribution in [-0.2, 0) is 4.79 Å². The molecule has 0 bridgehead atoms. The van der Waals surface area contributed by atoms with E-state index in [4.69, 9.17) is 4.74 Å². The molecular weight excluding hydrogens is 426 g/mol. The number of nitrogens with one attached hydrogen (secondary N) is 3. The van der Waals surface area contributed by atoms with E-state index in [1.54, 1.807) is 25.3 Å². The fourth-order valence-electron chi connectivity index (χ4n) is 3.93. The van der Waals surface area contributed by atoms with Crippen LogP contribution >= 0.6 is 0 Å². The van der Waals surface area contributed by atoms with Crippen molar-refractivity contribution in [1.29, 1.82) is 0 Å². The van der Waals surface area contributed by atoms with Gasteiger partial charge in [0.15, 0.2) is 0 Å². The maximum Gasteiger partial charge on any atom is 0.320 e. The lowest BCUT2D eigenvalue weighted by atomic mass is 9.88. The van der Waals surface area contributed by atoms with Gasteiger partial charge in [-0.1, -0.05) is 86.6 Å². The number of carbonyl (C=O) groups is 2. The second kappa shape index (κ2) is 12.4. The molecule has 178 valence electrons. The van der Waals surface area contributed by atoms with Crippen LogP contribution in [0.4, 0.5) is 10.5 Å². The van der Waals surface area contributed by atoms with Crippen molar-refractivity contribution in [2.24, 2.45) is 5.92 Å². The van der Waals surface area contributed by atoms with E-state index in [0.717, 1.165) is 6.42 Å². The highest BCUT2D eigenvalue weighted by molar-refractivity contribution is 5.94. The first-order valence-corrected chi connectivity index (χ1v) is 11.6. The first-order valence-electron chi connectivity index (χ1n) is 11.6. The predicted molar refractivity (Wildman–Crippen MR) is 136 cm³/mol. The highest BCUT2D eigenvalue weighted by Crippen LogP contribution is 2.27. The lowest BCUT2D eigenvalue weighted by Gasteiger charge is -2.23. The maximum absolute atomic E-state index is 13.0. The Bertz CT molecular complexity index is 1020. The Kier molecular flexibility index (Phi) is 9.09.